The molecule has 1 atom stereocenters. The van der Waals surface area contributed by atoms with Gasteiger partial charge in [0.05, 0.1) is 0 Å². The third-order valence-corrected chi connectivity index (χ3v) is 4.58. The van der Waals surface area contributed by atoms with E-state index in [0.29, 0.717) is 29.9 Å². The number of aromatic nitrogens is 4. The minimum absolute atomic E-state index is 0.366. The monoisotopic (exact) mass is 349 g/mol. The smallest absolute Gasteiger partial charge is 0.245 e. The molecule has 0 aromatic carbocycles. The maximum absolute atomic E-state index is 5.12. The molecule has 3 rings (SSSR count). The average molecular weight is 349 g/mol. The van der Waals surface area contributed by atoms with E-state index in [1.165, 1.54) is 0 Å². The molecule has 2 aromatic rings. The number of nitrogens with zero attached hydrogens (tertiary/aromatic N) is 6. The van der Waals surface area contributed by atoms with Gasteiger partial charge in [0.1, 0.15) is 0 Å². The lowest BCUT2D eigenvalue weighted by atomic mass is 10.00. The molecular formula is C16H27N7O2. The Balaban J connectivity index is 1.91. The van der Waals surface area contributed by atoms with Crippen LogP contribution in [0.3, 0.4) is 0 Å². The molecule has 1 fully saturated rings. The van der Waals surface area contributed by atoms with Crippen LogP contribution < -0.4 is 10.2 Å². The highest BCUT2D eigenvalue weighted by Gasteiger charge is 2.31. The second-order valence-corrected chi connectivity index (χ2v) is 6.85. The molecule has 0 spiro atoms. The first-order valence-electron chi connectivity index (χ1n) is 8.78. The van der Waals surface area contributed by atoms with E-state index in [4.69, 9.17) is 14.3 Å². The van der Waals surface area contributed by atoms with Crippen molar-refractivity contribution in [2.45, 2.75) is 26.3 Å². The zero-order valence-electron chi connectivity index (χ0n) is 15.4. The Kier molecular flexibility index (Phi) is 5.64. The molecule has 1 N–H and O–H groups in total. The third-order valence-electron chi connectivity index (χ3n) is 4.58. The Morgan fingerprint density at radius 2 is 2.00 bits per heavy atom. The normalized spacial score (nSPS) is 19.1. The highest BCUT2D eigenvalue weighted by atomic mass is 16.6. The molecule has 9 heteroatoms. The van der Waals surface area contributed by atoms with E-state index in [1.807, 2.05) is 0 Å². The number of hydrogen-bond acceptors (Lipinski definition) is 9. The van der Waals surface area contributed by atoms with Crippen LogP contribution >= 0.6 is 0 Å². The van der Waals surface area contributed by atoms with Gasteiger partial charge in [0.25, 0.3) is 0 Å². The number of hydrogen-bond donors (Lipinski definition) is 1. The van der Waals surface area contributed by atoms with Crippen molar-refractivity contribution < 1.29 is 9.37 Å². The van der Waals surface area contributed by atoms with Gasteiger partial charge in [0.15, 0.2) is 11.6 Å². The molecule has 9 nitrogen and oxygen atoms in total. The van der Waals surface area contributed by atoms with Crippen molar-refractivity contribution in [3.05, 3.63) is 0 Å². The molecule has 0 bridgehead atoms. The molecule has 3 heterocycles. The first-order chi connectivity index (χ1) is 12.1. The van der Waals surface area contributed by atoms with Crippen LogP contribution in [0.5, 0.6) is 0 Å². The quantitative estimate of drug-likeness (QED) is 0.741. The van der Waals surface area contributed by atoms with Gasteiger partial charge in [-0.3, -0.25) is 0 Å². The molecule has 1 aliphatic heterocycles. The lowest BCUT2D eigenvalue weighted by Gasteiger charge is -2.43. The lowest BCUT2D eigenvalue weighted by Crippen LogP contribution is -2.54. The molecule has 138 valence electrons. The summed E-state index contributed by atoms with van der Waals surface area (Å²) in [5.41, 5.74) is 0.868. The first-order valence-corrected chi connectivity index (χ1v) is 8.78. The Morgan fingerprint density at radius 3 is 2.72 bits per heavy atom. The van der Waals surface area contributed by atoms with Crippen LogP contribution in [0.1, 0.15) is 20.3 Å². The summed E-state index contributed by atoms with van der Waals surface area (Å²) in [5, 5.41) is 11.1. The molecule has 0 saturated carbocycles. The predicted molar refractivity (Wildman–Crippen MR) is 95.8 cm³/mol. The second kappa shape index (κ2) is 7.92. The number of nitrogens with one attached hydrogen (secondary N) is 1. The molecule has 1 aliphatic rings. The van der Waals surface area contributed by atoms with Gasteiger partial charge in [-0.05, 0) is 29.7 Å². The number of methoxy groups -OCH3 is 1. The minimum atomic E-state index is 0.366. The van der Waals surface area contributed by atoms with Gasteiger partial charge in [-0.2, -0.15) is 0 Å². The SMILES string of the molecule is COCCCNc1nc2nonc2nc1N1CCN(C)C[C@@H]1C(C)C. The molecular weight excluding hydrogens is 322 g/mol. The highest BCUT2D eigenvalue weighted by Crippen LogP contribution is 2.29. The fourth-order valence-corrected chi connectivity index (χ4v) is 3.16. The average Bonchev–Trinajstić information content (AvgIpc) is 3.05. The number of anilines is 2. The minimum Gasteiger partial charge on any atom is -0.385 e. The number of ether oxygens (including phenoxy) is 1. The van der Waals surface area contributed by atoms with Crippen LogP contribution in [0.15, 0.2) is 4.63 Å². The lowest BCUT2D eigenvalue weighted by molar-refractivity contribution is 0.197. The van der Waals surface area contributed by atoms with Crippen molar-refractivity contribution in [3.63, 3.8) is 0 Å². The Bertz CT molecular complexity index is 690. The van der Waals surface area contributed by atoms with Crippen molar-refractivity contribution >= 4 is 22.9 Å². The summed E-state index contributed by atoms with van der Waals surface area (Å²) in [6, 6.07) is 0.366. The van der Waals surface area contributed by atoms with Crippen LogP contribution in [-0.4, -0.2) is 78.2 Å². The van der Waals surface area contributed by atoms with E-state index in [-0.39, 0.29) is 0 Å². The van der Waals surface area contributed by atoms with Gasteiger partial charge in [-0.25, -0.2) is 14.6 Å². The van der Waals surface area contributed by atoms with E-state index in [0.717, 1.165) is 44.2 Å². The van der Waals surface area contributed by atoms with E-state index >= 15 is 0 Å². The van der Waals surface area contributed by atoms with Gasteiger partial charge in [0.2, 0.25) is 11.3 Å². The maximum atomic E-state index is 5.12. The zero-order valence-corrected chi connectivity index (χ0v) is 15.4. The molecule has 1 saturated heterocycles. The van der Waals surface area contributed by atoms with Crippen LogP contribution in [0.25, 0.3) is 11.3 Å². The van der Waals surface area contributed by atoms with E-state index in [2.05, 4.69) is 51.3 Å². The van der Waals surface area contributed by atoms with Crippen LogP contribution in [0.4, 0.5) is 11.6 Å². The van der Waals surface area contributed by atoms with Gasteiger partial charge >= 0.3 is 0 Å². The topological polar surface area (TPSA) is 92.4 Å². The van der Waals surface area contributed by atoms with Crippen LogP contribution in [0, 0.1) is 5.92 Å². The largest absolute Gasteiger partial charge is 0.385 e. The zero-order chi connectivity index (χ0) is 17.8. The predicted octanol–water partition coefficient (Wildman–Crippen LogP) is 1.24. The summed E-state index contributed by atoms with van der Waals surface area (Å²) in [6.07, 6.45) is 0.892. The summed E-state index contributed by atoms with van der Waals surface area (Å²) in [6.45, 7) is 8.83. The van der Waals surface area contributed by atoms with Crippen molar-refractivity contribution in [1.29, 1.82) is 0 Å². The number of piperazine rings is 1. The fraction of sp³-hybridized carbons (Fsp3) is 0.750. The van der Waals surface area contributed by atoms with E-state index in [9.17, 15) is 0 Å². The van der Waals surface area contributed by atoms with Crippen LogP contribution in [0.2, 0.25) is 0 Å². The third kappa shape index (κ3) is 3.98. The number of fused-ring (bicyclic) bond motifs is 1. The summed E-state index contributed by atoms with van der Waals surface area (Å²) in [4.78, 5) is 14.0. The molecule has 2 aromatic heterocycles. The van der Waals surface area contributed by atoms with Crippen LogP contribution in [-0.2, 0) is 4.74 Å². The van der Waals surface area contributed by atoms with Gasteiger partial charge in [-0.15, -0.1) is 0 Å². The van der Waals surface area contributed by atoms with Crippen molar-refractivity contribution in [1.82, 2.24) is 25.2 Å². The first kappa shape index (κ1) is 17.8. The molecule has 0 amide bonds. The standard InChI is InChI=1S/C16H27N7O2/c1-11(2)12-10-22(3)7-8-23(12)16-15(17-6-5-9-24-4)18-13-14(19-16)21-25-20-13/h11-12H,5-10H2,1-4H3,(H,17,18,20)/t12-/m1/s1. The van der Waals surface area contributed by atoms with Gasteiger partial charge < -0.3 is 19.9 Å². The Labute approximate surface area is 147 Å². The Hall–Kier alpha value is -2.00. The van der Waals surface area contributed by atoms with E-state index < -0.39 is 0 Å². The molecule has 0 aliphatic carbocycles. The Morgan fingerprint density at radius 1 is 1.24 bits per heavy atom. The van der Waals surface area contributed by atoms with Gasteiger partial charge in [-0.1, -0.05) is 13.8 Å². The summed E-state index contributed by atoms with van der Waals surface area (Å²) >= 11 is 0. The molecule has 0 radical (unpaired) electrons. The molecule has 25 heavy (non-hydrogen) atoms. The summed E-state index contributed by atoms with van der Waals surface area (Å²) < 4.78 is 9.91. The summed E-state index contributed by atoms with van der Waals surface area (Å²) in [7, 11) is 3.86. The fourth-order valence-electron chi connectivity index (χ4n) is 3.16. The number of rotatable bonds is 7. The maximum Gasteiger partial charge on any atom is 0.245 e. The van der Waals surface area contributed by atoms with Crippen molar-refractivity contribution in [3.8, 4) is 0 Å². The van der Waals surface area contributed by atoms with E-state index in [1.54, 1.807) is 7.11 Å². The second-order valence-electron chi connectivity index (χ2n) is 6.85. The van der Waals surface area contributed by atoms with Crippen molar-refractivity contribution in [2.24, 2.45) is 5.92 Å². The van der Waals surface area contributed by atoms with Gasteiger partial charge in [0, 0.05) is 45.9 Å². The molecule has 0 unspecified atom stereocenters. The summed E-state index contributed by atoms with van der Waals surface area (Å²) in [5.74, 6) is 2.05. The van der Waals surface area contributed by atoms with Crippen molar-refractivity contribution in [2.75, 3.05) is 57.2 Å². The highest BCUT2D eigenvalue weighted by molar-refractivity contribution is 5.74. The number of likely N-dealkylation sites (N-methyl/N-ethyl adjacent to an activating group) is 1.